The maximum absolute atomic E-state index is 12.2. The van der Waals surface area contributed by atoms with Gasteiger partial charge >= 0.3 is 0 Å². The van der Waals surface area contributed by atoms with E-state index in [0.717, 1.165) is 24.9 Å². The molecule has 0 radical (unpaired) electrons. The standard InChI is InChI=1S/C20H23ClN4O2/c1-27-18-9-7-15(13-16(18)21)23-19-10-8-17(24-25-19)20(26)22-12-11-14-5-3-2-4-6-14/h5,7-10,13H,2-4,6,11-12H2,1H3,(H,22,26)(H,23,25). The molecule has 1 amide bonds. The van der Waals surface area contributed by atoms with Crippen molar-refractivity contribution in [1.29, 1.82) is 0 Å². The average molecular weight is 387 g/mol. The third kappa shape index (κ3) is 5.44. The molecule has 7 heteroatoms. The number of carbonyl (C=O) groups is 1. The van der Waals surface area contributed by atoms with Gasteiger partial charge in [0.25, 0.3) is 5.91 Å². The van der Waals surface area contributed by atoms with Gasteiger partial charge in [-0.25, -0.2) is 0 Å². The minimum absolute atomic E-state index is 0.210. The summed E-state index contributed by atoms with van der Waals surface area (Å²) in [7, 11) is 1.57. The van der Waals surface area contributed by atoms with Gasteiger partial charge in [0.1, 0.15) is 5.75 Å². The Morgan fingerprint density at radius 2 is 2.11 bits per heavy atom. The van der Waals surface area contributed by atoms with Crippen LogP contribution in [0.25, 0.3) is 0 Å². The highest BCUT2D eigenvalue weighted by atomic mass is 35.5. The highest BCUT2D eigenvalue weighted by molar-refractivity contribution is 6.32. The van der Waals surface area contributed by atoms with E-state index in [1.807, 2.05) is 6.07 Å². The molecule has 0 spiro atoms. The Balaban J connectivity index is 1.52. The van der Waals surface area contributed by atoms with E-state index in [-0.39, 0.29) is 5.91 Å². The monoisotopic (exact) mass is 386 g/mol. The number of hydrogen-bond acceptors (Lipinski definition) is 5. The molecule has 0 bridgehead atoms. The number of rotatable bonds is 7. The molecule has 0 saturated carbocycles. The third-order valence-electron chi connectivity index (χ3n) is 4.44. The van der Waals surface area contributed by atoms with Crippen LogP contribution in [0, 0.1) is 0 Å². The molecule has 3 rings (SSSR count). The van der Waals surface area contributed by atoms with Crippen LogP contribution in [0.1, 0.15) is 42.6 Å². The van der Waals surface area contributed by atoms with Gasteiger partial charge in [0.15, 0.2) is 11.5 Å². The SMILES string of the molecule is COc1ccc(Nc2ccc(C(=O)NCCC3=CCCCC3)nn2)cc1Cl. The molecule has 6 nitrogen and oxygen atoms in total. The van der Waals surface area contributed by atoms with E-state index >= 15 is 0 Å². The number of ether oxygens (including phenoxy) is 1. The highest BCUT2D eigenvalue weighted by Crippen LogP contribution is 2.28. The summed E-state index contributed by atoms with van der Waals surface area (Å²) in [4.78, 5) is 12.2. The molecule has 27 heavy (non-hydrogen) atoms. The number of benzene rings is 1. The van der Waals surface area contributed by atoms with E-state index in [9.17, 15) is 4.79 Å². The molecule has 1 aromatic heterocycles. The summed E-state index contributed by atoms with van der Waals surface area (Å²) in [6.45, 7) is 0.622. The van der Waals surface area contributed by atoms with Crippen molar-refractivity contribution in [3.8, 4) is 5.75 Å². The number of aromatic nitrogens is 2. The minimum atomic E-state index is -0.210. The van der Waals surface area contributed by atoms with Crippen LogP contribution in [0.4, 0.5) is 11.5 Å². The molecule has 0 aliphatic heterocycles. The maximum atomic E-state index is 12.2. The van der Waals surface area contributed by atoms with Gasteiger partial charge in [-0.15, -0.1) is 10.2 Å². The van der Waals surface area contributed by atoms with Crippen molar-refractivity contribution in [3.63, 3.8) is 0 Å². The van der Waals surface area contributed by atoms with Gasteiger partial charge in [0.05, 0.1) is 12.1 Å². The lowest BCUT2D eigenvalue weighted by Gasteiger charge is -2.12. The van der Waals surface area contributed by atoms with Crippen LogP contribution in [0.3, 0.4) is 0 Å². The van der Waals surface area contributed by atoms with Crippen LogP contribution >= 0.6 is 11.6 Å². The fraction of sp³-hybridized carbons (Fsp3) is 0.350. The summed E-state index contributed by atoms with van der Waals surface area (Å²) in [5.74, 6) is 0.919. The van der Waals surface area contributed by atoms with E-state index in [1.54, 1.807) is 31.4 Å². The van der Waals surface area contributed by atoms with Crippen molar-refractivity contribution in [1.82, 2.24) is 15.5 Å². The lowest BCUT2D eigenvalue weighted by molar-refractivity contribution is 0.0948. The van der Waals surface area contributed by atoms with Crippen LogP contribution < -0.4 is 15.4 Å². The quantitative estimate of drug-likeness (QED) is 0.685. The molecule has 2 aromatic rings. The van der Waals surface area contributed by atoms with Crippen LogP contribution in [-0.2, 0) is 0 Å². The van der Waals surface area contributed by atoms with Gasteiger partial charge in [-0.3, -0.25) is 4.79 Å². The maximum Gasteiger partial charge on any atom is 0.271 e. The zero-order chi connectivity index (χ0) is 19.1. The minimum Gasteiger partial charge on any atom is -0.495 e. The average Bonchev–Trinajstić information content (AvgIpc) is 2.69. The fourth-order valence-electron chi connectivity index (χ4n) is 2.97. The van der Waals surface area contributed by atoms with Crippen molar-refractivity contribution in [2.75, 3.05) is 19.0 Å². The van der Waals surface area contributed by atoms with E-state index < -0.39 is 0 Å². The van der Waals surface area contributed by atoms with Crippen molar-refractivity contribution in [2.45, 2.75) is 32.1 Å². The van der Waals surface area contributed by atoms with Gasteiger partial charge in [0, 0.05) is 12.2 Å². The van der Waals surface area contributed by atoms with Crippen molar-refractivity contribution >= 4 is 29.0 Å². The smallest absolute Gasteiger partial charge is 0.271 e. The Bertz CT molecular complexity index is 821. The molecule has 1 aliphatic rings. The van der Waals surface area contributed by atoms with Gasteiger partial charge in [-0.05, 0) is 62.4 Å². The summed E-state index contributed by atoms with van der Waals surface area (Å²) >= 11 is 6.11. The summed E-state index contributed by atoms with van der Waals surface area (Å²) in [6, 6.07) is 8.69. The largest absolute Gasteiger partial charge is 0.495 e. The number of methoxy groups -OCH3 is 1. The first-order valence-electron chi connectivity index (χ1n) is 9.06. The Labute approximate surface area is 164 Å². The Morgan fingerprint density at radius 1 is 1.22 bits per heavy atom. The van der Waals surface area contributed by atoms with Crippen molar-refractivity contribution < 1.29 is 9.53 Å². The summed E-state index contributed by atoms with van der Waals surface area (Å²) < 4.78 is 5.13. The van der Waals surface area contributed by atoms with Crippen LogP contribution in [0.15, 0.2) is 42.0 Å². The van der Waals surface area contributed by atoms with E-state index in [2.05, 4.69) is 26.9 Å². The molecule has 1 aliphatic carbocycles. The van der Waals surface area contributed by atoms with Crippen LogP contribution in [0.2, 0.25) is 5.02 Å². The summed E-state index contributed by atoms with van der Waals surface area (Å²) in [5, 5.41) is 14.6. The molecule has 1 heterocycles. The molecule has 0 unspecified atom stereocenters. The van der Waals surface area contributed by atoms with Gasteiger partial charge in [-0.2, -0.15) is 0 Å². The fourth-order valence-corrected chi connectivity index (χ4v) is 3.23. The summed E-state index contributed by atoms with van der Waals surface area (Å²) in [6.07, 6.45) is 8.01. The van der Waals surface area contributed by atoms with Crippen LogP contribution in [0.5, 0.6) is 5.75 Å². The number of nitrogens with one attached hydrogen (secondary N) is 2. The van der Waals surface area contributed by atoms with Gasteiger partial charge in [0.2, 0.25) is 0 Å². The number of halogens is 1. The van der Waals surface area contributed by atoms with E-state index in [1.165, 1.54) is 18.4 Å². The lowest BCUT2D eigenvalue weighted by atomic mass is 9.97. The molecular formula is C20H23ClN4O2. The number of allylic oxidation sites excluding steroid dienone is 1. The predicted molar refractivity (Wildman–Crippen MR) is 107 cm³/mol. The normalized spacial score (nSPS) is 13.6. The molecule has 142 valence electrons. The topological polar surface area (TPSA) is 76.1 Å². The zero-order valence-corrected chi connectivity index (χ0v) is 16.1. The first kappa shape index (κ1) is 19.2. The van der Waals surface area contributed by atoms with Crippen molar-refractivity contribution in [2.24, 2.45) is 0 Å². The second-order valence-electron chi connectivity index (χ2n) is 6.39. The molecule has 2 N–H and O–H groups in total. The number of nitrogens with zero attached hydrogens (tertiary/aromatic N) is 2. The van der Waals surface area contributed by atoms with E-state index in [0.29, 0.717) is 28.8 Å². The van der Waals surface area contributed by atoms with E-state index in [4.69, 9.17) is 16.3 Å². The number of amides is 1. The molecular weight excluding hydrogens is 364 g/mol. The Hall–Kier alpha value is -2.60. The first-order valence-corrected chi connectivity index (χ1v) is 9.44. The van der Waals surface area contributed by atoms with Gasteiger partial charge < -0.3 is 15.4 Å². The Kier molecular flexibility index (Phi) is 6.65. The second-order valence-corrected chi connectivity index (χ2v) is 6.80. The van der Waals surface area contributed by atoms with Crippen molar-refractivity contribution in [3.05, 3.63) is 52.7 Å². The summed E-state index contributed by atoms with van der Waals surface area (Å²) in [5.41, 5.74) is 2.49. The Morgan fingerprint density at radius 3 is 2.78 bits per heavy atom. The number of carbonyl (C=O) groups excluding carboxylic acids is 1. The molecule has 1 aromatic carbocycles. The highest BCUT2D eigenvalue weighted by Gasteiger charge is 2.10. The molecule has 0 saturated heterocycles. The predicted octanol–water partition coefficient (Wildman–Crippen LogP) is 4.50. The molecule has 0 atom stereocenters. The second kappa shape index (κ2) is 9.37. The number of hydrogen-bond donors (Lipinski definition) is 2. The third-order valence-corrected chi connectivity index (χ3v) is 4.73. The first-order chi connectivity index (χ1) is 13.2. The zero-order valence-electron chi connectivity index (χ0n) is 15.3. The van der Waals surface area contributed by atoms with Gasteiger partial charge in [-0.1, -0.05) is 23.3 Å². The number of anilines is 2. The molecule has 0 fully saturated rings. The van der Waals surface area contributed by atoms with Crippen LogP contribution in [-0.4, -0.2) is 29.8 Å². The lowest BCUT2D eigenvalue weighted by Crippen LogP contribution is -2.26.